The van der Waals surface area contributed by atoms with Crippen molar-refractivity contribution in [2.24, 2.45) is 5.92 Å². The SMILES string of the molecule is Cc1ccc(NC(=O)CSc2nnc(-c3ccccc3F)n2CC(C)C)c(Cl)c1. The number of halogens is 2. The highest BCUT2D eigenvalue weighted by Crippen LogP contribution is 2.28. The van der Waals surface area contributed by atoms with Crippen LogP contribution in [0.2, 0.25) is 5.02 Å². The van der Waals surface area contributed by atoms with Crippen LogP contribution in [0, 0.1) is 18.7 Å². The number of amides is 1. The Morgan fingerprint density at radius 2 is 2.00 bits per heavy atom. The minimum atomic E-state index is -0.354. The first-order valence-electron chi connectivity index (χ1n) is 9.22. The smallest absolute Gasteiger partial charge is 0.234 e. The van der Waals surface area contributed by atoms with Crippen molar-refractivity contribution in [2.45, 2.75) is 32.5 Å². The van der Waals surface area contributed by atoms with E-state index in [-0.39, 0.29) is 17.5 Å². The maximum Gasteiger partial charge on any atom is 0.234 e. The van der Waals surface area contributed by atoms with E-state index >= 15 is 0 Å². The van der Waals surface area contributed by atoms with Gasteiger partial charge in [0.15, 0.2) is 11.0 Å². The Bertz CT molecular complexity index is 1020. The van der Waals surface area contributed by atoms with Crippen molar-refractivity contribution in [1.29, 1.82) is 0 Å². The Balaban J connectivity index is 1.76. The summed E-state index contributed by atoms with van der Waals surface area (Å²) in [6, 6.07) is 11.9. The molecule has 2 aromatic carbocycles. The fourth-order valence-corrected chi connectivity index (χ4v) is 3.84. The molecule has 0 saturated carbocycles. The van der Waals surface area contributed by atoms with Crippen LogP contribution in [0.25, 0.3) is 11.4 Å². The summed E-state index contributed by atoms with van der Waals surface area (Å²) in [6.07, 6.45) is 0. The van der Waals surface area contributed by atoms with Gasteiger partial charge in [0.05, 0.1) is 22.0 Å². The Hall–Kier alpha value is -2.38. The highest BCUT2D eigenvalue weighted by atomic mass is 35.5. The van der Waals surface area contributed by atoms with Crippen LogP contribution in [0.5, 0.6) is 0 Å². The van der Waals surface area contributed by atoms with E-state index in [1.165, 1.54) is 17.8 Å². The number of hydrogen-bond acceptors (Lipinski definition) is 4. The Morgan fingerprint density at radius 3 is 2.69 bits per heavy atom. The second kappa shape index (κ2) is 9.41. The first-order valence-corrected chi connectivity index (χ1v) is 10.6. The van der Waals surface area contributed by atoms with E-state index in [0.29, 0.717) is 39.7 Å². The molecule has 29 heavy (non-hydrogen) atoms. The van der Waals surface area contributed by atoms with Crippen LogP contribution >= 0.6 is 23.4 Å². The lowest BCUT2D eigenvalue weighted by Gasteiger charge is -2.13. The first-order chi connectivity index (χ1) is 13.8. The number of carbonyl (C=O) groups excluding carboxylic acids is 1. The molecule has 0 aliphatic carbocycles. The summed E-state index contributed by atoms with van der Waals surface area (Å²) in [7, 11) is 0. The third-order valence-electron chi connectivity index (χ3n) is 4.11. The summed E-state index contributed by atoms with van der Waals surface area (Å²) in [5.41, 5.74) is 1.98. The number of benzene rings is 2. The molecule has 0 fully saturated rings. The molecule has 1 amide bonds. The summed E-state index contributed by atoms with van der Waals surface area (Å²) < 4.78 is 16.1. The predicted octanol–water partition coefficient (Wildman–Crippen LogP) is 5.43. The largest absolute Gasteiger partial charge is 0.324 e. The van der Waals surface area contributed by atoms with Gasteiger partial charge in [-0.15, -0.1) is 10.2 Å². The van der Waals surface area contributed by atoms with E-state index < -0.39 is 0 Å². The van der Waals surface area contributed by atoms with E-state index in [0.717, 1.165) is 5.56 Å². The van der Waals surface area contributed by atoms with Crippen molar-refractivity contribution in [3.63, 3.8) is 0 Å². The van der Waals surface area contributed by atoms with Gasteiger partial charge in [0.25, 0.3) is 0 Å². The zero-order valence-electron chi connectivity index (χ0n) is 16.4. The number of rotatable bonds is 7. The molecule has 0 unspecified atom stereocenters. The van der Waals surface area contributed by atoms with E-state index in [9.17, 15) is 9.18 Å². The average molecular weight is 433 g/mol. The van der Waals surface area contributed by atoms with Crippen LogP contribution in [0.15, 0.2) is 47.6 Å². The normalized spacial score (nSPS) is 11.1. The molecule has 0 radical (unpaired) electrons. The van der Waals surface area contributed by atoms with E-state index in [1.54, 1.807) is 30.3 Å². The van der Waals surface area contributed by atoms with Gasteiger partial charge in [-0.3, -0.25) is 4.79 Å². The number of nitrogens with one attached hydrogen (secondary N) is 1. The minimum Gasteiger partial charge on any atom is -0.324 e. The van der Waals surface area contributed by atoms with Crippen LogP contribution in [0.1, 0.15) is 19.4 Å². The predicted molar refractivity (Wildman–Crippen MR) is 116 cm³/mol. The summed E-state index contributed by atoms with van der Waals surface area (Å²) in [5.74, 6) is 0.343. The lowest BCUT2D eigenvalue weighted by molar-refractivity contribution is -0.113. The van der Waals surface area contributed by atoms with Crippen LogP contribution < -0.4 is 5.32 Å². The van der Waals surface area contributed by atoms with Crippen LogP contribution in [-0.4, -0.2) is 26.4 Å². The molecule has 0 saturated heterocycles. The van der Waals surface area contributed by atoms with E-state index in [4.69, 9.17) is 11.6 Å². The lowest BCUT2D eigenvalue weighted by Crippen LogP contribution is -2.15. The highest BCUT2D eigenvalue weighted by molar-refractivity contribution is 7.99. The second-order valence-corrected chi connectivity index (χ2v) is 8.46. The minimum absolute atomic E-state index is 0.137. The number of hydrogen-bond donors (Lipinski definition) is 1. The molecule has 0 aliphatic rings. The molecular weight excluding hydrogens is 411 g/mol. The van der Waals surface area contributed by atoms with Crippen molar-refractivity contribution < 1.29 is 9.18 Å². The number of aryl methyl sites for hydroxylation is 1. The molecule has 1 heterocycles. The summed E-state index contributed by atoms with van der Waals surface area (Å²) in [6.45, 7) is 6.67. The third kappa shape index (κ3) is 5.36. The molecule has 0 atom stereocenters. The van der Waals surface area contributed by atoms with Gasteiger partial charge in [0.2, 0.25) is 5.91 Å². The molecule has 8 heteroatoms. The van der Waals surface area contributed by atoms with Gasteiger partial charge in [-0.2, -0.15) is 0 Å². The number of carbonyl (C=O) groups is 1. The average Bonchev–Trinajstić information content (AvgIpc) is 3.04. The van der Waals surface area contributed by atoms with Crippen molar-refractivity contribution in [1.82, 2.24) is 14.8 Å². The molecule has 152 valence electrons. The Morgan fingerprint density at radius 1 is 1.24 bits per heavy atom. The Labute approximate surface area is 178 Å². The summed E-state index contributed by atoms with van der Waals surface area (Å²) in [5, 5.41) is 12.3. The molecule has 0 spiro atoms. The van der Waals surface area contributed by atoms with Gasteiger partial charge >= 0.3 is 0 Å². The number of anilines is 1. The molecule has 3 aromatic rings. The molecule has 0 aliphatic heterocycles. The number of nitrogens with zero attached hydrogens (tertiary/aromatic N) is 3. The van der Waals surface area contributed by atoms with Gasteiger partial charge in [0, 0.05) is 6.54 Å². The highest BCUT2D eigenvalue weighted by Gasteiger charge is 2.19. The molecule has 1 aromatic heterocycles. The first kappa shape index (κ1) is 21.3. The topological polar surface area (TPSA) is 59.8 Å². The lowest BCUT2D eigenvalue weighted by atomic mass is 10.2. The maximum atomic E-state index is 14.3. The fourth-order valence-electron chi connectivity index (χ4n) is 2.80. The summed E-state index contributed by atoms with van der Waals surface area (Å²) in [4.78, 5) is 12.4. The van der Waals surface area contributed by atoms with Crippen LogP contribution in [0.3, 0.4) is 0 Å². The zero-order chi connectivity index (χ0) is 21.0. The van der Waals surface area contributed by atoms with Gasteiger partial charge in [-0.05, 0) is 42.7 Å². The standard InChI is InChI=1S/C21H22ClFN4OS/c1-13(2)11-27-20(15-6-4-5-7-17(15)23)25-26-21(27)29-12-19(28)24-18-9-8-14(3)10-16(18)22/h4-10,13H,11-12H2,1-3H3,(H,24,28). The van der Waals surface area contributed by atoms with Crippen molar-refractivity contribution >= 4 is 35.0 Å². The second-order valence-electron chi connectivity index (χ2n) is 7.11. The van der Waals surface area contributed by atoms with Gasteiger partial charge < -0.3 is 9.88 Å². The molecular formula is C21H22ClFN4OS. The molecule has 0 bridgehead atoms. The number of aromatic nitrogens is 3. The van der Waals surface area contributed by atoms with E-state index in [2.05, 4.69) is 29.4 Å². The fraction of sp³-hybridized carbons (Fsp3) is 0.286. The zero-order valence-corrected chi connectivity index (χ0v) is 18.0. The third-order valence-corrected chi connectivity index (χ3v) is 5.39. The monoisotopic (exact) mass is 432 g/mol. The van der Waals surface area contributed by atoms with E-state index in [1.807, 2.05) is 17.6 Å². The van der Waals surface area contributed by atoms with Gasteiger partial charge in [0.1, 0.15) is 5.82 Å². The van der Waals surface area contributed by atoms with Crippen molar-refractivity contribution in [3.05, 3.63) is 58.9 Å². The summed E-state index contributed by atoms with van der Waals surface area (Å²) >= 11 is 7.43. The molecule has 1 N–H and O–H groups in total. The van der Waals surface area contributed by atoms with Crippen LogP contribution in [0.4, 0.5) is 10.1 Å². The molecule has 3 rings (SSSR count). The Kier molecular flexibility index (Phi) is 6.92. The molecule has 5 nitrogen and oxygen atoms in total. The maximum absolute atomic E-state index is 14.3. The quantitative estimate of drug-likeness (QED) is 0.505. The van der Waals surface area contributed by atoms with Gasteiger partial charge in [-0.25, -0.2) is 4.39 Å². The van der Waals surface area contributed by atoms with Crippen molar-refractivity contribution in [2.75, 3.05) is 11.1 Å². The number of thioether (sulfide) groups is 1. The van der Waals surface area contributed by atoms with Gasteiger partial charge in [-0.1, -0.05) is 55.4 Å². The van der Waals surface area contributed by atoms with Crippen molar-refractivity contribution in [3.8, 4) is 11.4 Å². The van der Waals surface area contributed by atoms with Crippen LogP contribution in [-0.2, 0) is 11.3 Å².